The van der Waals surface area contributed by atoms with Crippen molar-refractivity contribution in [3.05, 3.63) is 29.3 Å². The van der Waals surface area contributed by atoms with E-state index in [1.165, 1.54) is 23.2 Å². The highest BCUT2D eigenvalue weighted by Crippen LogP contribution is 2.26. The predicted molar refractivity (Wildman–Crippen MR) is 82.0 cm³/mol. The number of nitrogens with one attached hydrogen (secondary N) is 2. The molecular formula is C15H22N4O. The van der Waals surface area contributed by atoms with Crippen LogP contribution >= 0.6 is 0 Å². The van der Waals surface area contributed by atoms with Gasteiger partial charge in [-0.2, -0.15) is 5.10 Å². The summed E-state index contributed by atoms with van der Waals surface area (Å²) in [6.07, 6.45) is 4.04. The van der Waals surface area contributed by atoms with Crippen LogP contribution in [0.5, 0.6) is 0 Å². The quantitative estimate of drug-likeness (QED) is 0.582. The Labute approximate surface area is 119 Å². The number of carbonyl (C=O) groups excluding carboxylic acids is 1. The van der Waals surface area contributed by atoms with Gasteiger partial charge in [-0.15, -0.1) is 0 Å². The Morgan fingerprint density at radius 3 is 3.10 bits per heavy atom. The van der Waals surface area contributed by atoms with Crippen molar-refractivity contribution in [3.8, 4) is 0 Å². The molecule has 0 spiro atoms. The van der Waals surface area contributed by atoms with Crippen molar-refractivity contribution in [2.45, 2.75) is 45.6 Å². The summed E-state index contributed by atoms with van der Waals surface area (Å²) in [5.41, 5.74) is 12.0. The molecule has 1 atom stereocenters. The third-order valence-electron chi connectivity index (χ3n) is 3.56. The Kier molecular flexibility index (Phi) is 4.61. The van der Waals surface area contributed by atoms with Crippen molar-refractivity contribution >= 4 is 17.4 Å². The summed E-state index contributed by atoms with van der Waals surface area (Å²) in [5, 5.41) is 7.44. The second-order valence-electron chi connectivity index (χ2n) is 5.40. The summed E-state index contributed by atoms with van der Waals surface area (Å²) < 4.78 is 0. The van der Waals surface area contributed by atoms with E-state index in [1.807, 2.05) is 6.92 Å². The minimum atomic E-state index is -0.628. The zero-order valence-corrected chi connectivity index (χ0v) is 12.1. The van der Waals surface area contributed by atoms with Crippen molar-refractivity contribution in [2.24, 2.45) is 10.8 Å². The van der Waals surface area contributed by atoms with E-state index in [0.29, 0.717) is 6.04 Å². The number of hydrogen-bond donors (Lipinski definition) is 3. The summed E-state index contributed by atoms with van der Waals surface area (Å²) in [6, 6.07) is 6.51. The summed E-state index contributed by atoms with van der Waals surface area (Å²) in [5.74, 6) is 0. The lowest BCUT2D eigenvalue weighted by molar-refractivity contribution is 0.249. The summed E-state index contributed by atoms with van der Waals surface area (Å²) >= 11 is 0. The van der Waals surface area contributed by atoms with E-state index in [2.05, 4.69) is 41.0 Å². The number of primary amides is 1. The molecule has 20 heavy (non-hydrogen) atoms. The molecule has 0 radical (unpaired) electrons. The van der Waals surface area contributed by atoms with Crippen LogP contribution < -0.4 is 16.5 Å². The molecule has 2 amide bonds. The van der Waals surface area contributed by atoms with Crippen molar-refractivity contribution in [1.29, 1.82) is 0 Å². The molecule has 108 valence electrons. The SMILES string of the molecule is C/C(CCc1ccc2c(c1)NC(C)CC2)=N\NC(N)=O. The highest BCUT2D eigenvalue weighted by atomic mass is 16.2. The maximum Gasteiger partial charge on any atom is 0.332 e. The van der Waals surface area contributed by atoms with Gasteiger partial charge in [0.05, 0.1) is 0 Å². The maximum absolute atomic E-state index is 10.6. The number of urea groups is 1. The van der Waals surface area contributed by atoms with Crippen molar-refractivity contribution < 1.29 is 4.79 Å². The molecule has 4 N–H and O–H groups in total. The van der Waals surface area contributed by atoms with Gasteiger partial charge in [0.2, 0.25) is 0 Å². The molecule has 1 heterocycles. The average Bonchev–Trinajstić information content (AvgIpc) is 2.42. The molecule has 1 unspecified atom stereocenters. The minimum absolute atomic E-state index is 0.542. The Balaban J connectivity index is 1.95. The van der Waals surface area contributed by atoms with E-state index < -0.39 is 6.03 Å². The third kappa shape index (κ3) is 3.98. The first kappa shape index (κ1) is 14.4. The molecule has 0 saturated heterocycles. The first-order valence-electron chi connectivity index (χ1n) is 7.01. The number of carbonyl (C=O) groups is 1. The molecule has 0 aliphatic carbocycles. The average molecular weight is 274 g/mol. The number of rotatable bonds is 4. The van der Waals surface area contributed by atoms with Gasteiger partial charge >= 0.3 is 6.03 Å². The predicted octanol–water partition coefficient (Wildman–Crippen LogP) is 2.41. The van der Waals surface area contributed by atoms with Crippen LogP contribution in [0.3, 0.4) is 0 Å². The van der Waals surface area contributed by atoms with Gasteiger partial charge in [-0.1, -0.05) is 12.1 Å². The normalized spacial score (nSPS) is 18.1. The molecular weight excluding hydrogens is 252 g/mol. The number of fused-ring (bicyclic) bond motifs is 1. The molecule has 2 rings (SSSR count). The molecule has 5 nitrogen and oxygen atoms in total. The molecule has 0 bridgehead atoms. The smallest absolute Gasteiger partial charge is 0.332 e. The Bertz CT molecular complexity index is 525. The fraction of sp³-hybridized carbons (Fsp3) is 0.467. The van der Waals surface area contributed by atoms with Crippen LogP contribution in [0.1, 0.15) is 37.8 Å². The summed E-state index contributed by atoms with van der Waals surface area (Å²) in [4.78, 5) is 10.6. The van der Waals surface area contributed by atoms with Crippen LogP contribution in [-0.4, -0.2) is 17.8 Å². The highest BCUT2D eigenvalue weighted by molar-refractivity contribution is 5.83. The van der Waals surface area contributed by atoms with Gasteiger partial charge in [-0.3, -0.25) is 0 Å². The van der Waals surface area contributed by atoms with Gasteiger partial charge in [0.25, 0.3) is 0 Å². The van der Waals surface area contributed by atoms with E-state index in [-0.39, 0.29) is 0 Å². The van der Waals surface area contributed by atoms with Gasteiger partial charge in [-0.05, 0) is 56.7 Å². The van der Waals surface area contributed by atoms with Crippen molar-refractivity contribution in [1.82, 2.24) is 5.43 Å². The fourth-order valence-electron chi connectivity index (χ4n) is 2.37. The number of hydrazone groups is 1. The Morgan fingerprint density at radius 1 is 1.55 bits per heavy atom. The first-order chi connectivity index (χ1) is 9.54. The molecule has 1 aliphatic heterocycles. The molecule has 0 saturated carbocycles. The van der Waals surface area contributed by atoms with Crippen LogP contribution in [0.15, 0.2) is 23.3 Å². The van der Waals surface area contributed by atoms with Crippen LogP contribution in [0, 0.1) is 0 Å². The molecule has 1 aliphatic rings. The zero-order chi connectivity index (χ0) is 14.5. The number of aryl methyl sites for hydroxylation is 2. The maximum atomic E-state index is 10.6. The summed E-state index contributed by atoms with van der Waals surface area (Å²) in [7, 11) is 0. The fourth-order valence-corrected chi connectivity index (χ4v) is 2.37. The van der Waals surface area contributed by atoms with Gasteiger partial charge in [0, 0.05) is 17.4 Å². The molecule has 0 aromatic heterocycles. The zero-order valence-electron chi connectivity index (χ0n) is 12.1. The number of nitrogens with two attached hydrogens (primary N) is 1. The summed E-state index contributed by atoms with van der Waals surface area (Å²) in [6.45, 7) is 4.09. The number of anilines is 1. The molecule has 1 aromatic rings. The second-order valence-corrected chi connectivity index (χ2v) is 5.40. The second kappa shape index (κ2) is 6.41. The van der Waals surface area contributed by atoms with E-state index in [9.17, 15) is 4.79 Å². The van der Waals surface area contributed by atoms with Crippen LogP contribution in [0.2, 0.25) is 0 Å². The number of benzene rings is 1. The van der Waals surface area contributed by atoms with Gasteiger partial charge in [-0.25, -0.2) is 10.2 Å². The van der Waals surface area contributed by atoms with Gasteiger partial charge < -0.3 is 11.1 Å². The van der Waals surface area contributed by atoms with E-state index in [4.69, 9.17) is 5.73 Å². The topological polar surface area (TPSA) is 79.5 Å². The standard InChI is InChI=1S/C15H22N4O/c1-10-4-7-13-8-6-12(9-14(13)17-10)5-3-11(2)18-19-15(16)20/h6,8-10,17H,3-5,7H2,1-2H3,(H3,16,19,20)/b18-11+. The van der Waals surface area contributed by atoms with Crippen molar-refractivity contribution in [3.63, 3.8) is 0 Å². The van der Waals surface area contributed by atoms with Crippen LogP contribution in [-0.2, 0) is 12.8 Å². The van der Waals surface area contributed by atoms with Gasteiger partial charge in [0.1, 0.15) is 0 Å². The Morgan fingerprint density at radius 2 is 2.35 bits per heavy atom. The lowest BCUT2D eigenvalue weighted by Crippen LogP contribution is -2.25. The van der Waals surface area contributed by atoms with Gasteiger partial charge in [0.15, 0.2) is 0 Å². The number of hydrogen-bond acceptors (Lipinski definition) is 3. The van der Waals surface area contributed by atoms with E-state index in [1.54, 1.807) is 0 Å². The number of nitrogens with zero attached hydrogens (tertiary/aromatic N) is 1. The monoisotopic (exact) mass is 274 g/mol. The third-order valence-corrected chi connectivity index (χ3v) is 3.56. The van der Waals surface area contributed by atoms with E-state index in [0.717, 1.165) is 25.0 Å². The molecule has 5 heteroatoms. The lowest BCUT2D eigenvalue weighted by atomic mass is 9.96. The largest absolute Gasteiger partial charge is 0.382 e. The van der Waals surface area contributed by atoms with Crippen LogP contribution in [0.25, 0.3) is 0 Å². The highest BCUT2D eigenvalue weighted by Gasteiger charge is 2.13. The Hall–Kier alpha value is -2.04. The number of amides is 2. The molecule has 0 fully saturated rings. The van der Waals surface area contributed by atoms with E-state index >= 15 is 0 Å². The van der Waals surface area contributed by atoms with Crippen LogP contribution in [0.4, 0.5) is 10.5 Å². The molecule has 1 aromatic carbocycles. The minimum Gasteiger partial charge on any atom is -0.382 e. The van der Waals surface area contributed by atoms with Crippen molar-refractivity contribution in [2.75, 3.05) is 5.32 Å². The lowest BCUT2D eigenvalue weighted by Gasteiger charge is -2.24. The first-order valence-corrected chi connectivity index (χ1v) is 7.01.